The van der Waals surface area contributed by atoms with E-state index in [9.17, 15) is 8.78 Å². The van der Waals surface area contributed by atoms with E-state index in [1.165, 1.54) is 12.1 Å². The van der Waals surface area contributed by atoms with Crippen LogP contribution >= 0.6 is 24.0 Å². The maximum atomic E-state index is 13.1. The fourth-order valence-corrected chi connectivity index (χ4v) is 2.34. The molecular weight excluding hydrogens is 439 g/mol. The molecule has 0 radical (unpaired) electrons. The molecule has 0 aliphatic carbocycles. The van der Waals surface area contributed by atoms with Crippen LogP contribution in [0.15, 0.2) is 47.5 Å². The average Bonchev–Trinajstić information content (AvgIpc) is 2.53. The Morgan fingerprint density at radius 3 is 2.52 bits per heavy atom. The lowest BCUT2D eigenvalue weighted by molar-refractivity contribution is 0.185. The summed E-state index contributed by atoms with van der Waals surface area (Å²) in [6, 6.07) is 11.2. The second kappa shape index (κ2) is 11.0. The number of nitrogens with zero attached hydrogens (tertiary/aromatic N) is 1. The van der Waals surface area contributed by atoms with Gasteiger partial charge in [0.1, 0.15) is 11.6 Å². The Morgan fingerprint density at radius 2 is 1.84 bits per heavy atom. The van der Waals surface area contributed by atoms with Crippen LogP contribution < -0.4 is 11.1 Å². The molecule has 0 aliphatic heterocycles. The van der Waals surface area contributed by atoms with E-state index in [0.29, 0.717) is 37.5 Å². The van der Waals surface area contributed by atoms with E-state index in [2.05, 4.69) is 10.3 Å². The van der Waals surface area contributed by atoms with E-state index < -0.39 is 11.6 Å². The van der Waals surface area contributed by atoms with Crippen LogP contribution in [0.3, 0.4) is 0 Å². The first-order chi connectivity index (χ1) is 11.6. The van der Waals surface area contributed by atoms with Crippen LogP contribution in [0.4, 0.5) is 14.5 Å². The first-order valence-electron chi connectivity index (χ1n) is 7.67. The number of nitrogens with one attached hydrogen (secondary N) is 1. The number of methoxy groups -OCH3 is 1. The van der Waals surface area contributed by atoms with Crippen LogP contribution in [-0.4, -0.2) is 19.6 Å². The Balaban J connectivity index is 0.00000312. The summed E-state index contributed by atoms with van der Waals surface area (Å²) >= 11 is 0. The van der Waals surface area contributed by atoms with E-state index >= 15 is 0 Å². The van der Waals surface area contributed by atoms with Crippen LogP contribution in [0.5, 0.6) is 0 Å². The summed E-state index contributed by atoms with van der Waals surface area (Å²) < 4.78 is 31.3. The molecule has 25 heavy (non-hydrogen) atoms. The smallest absolute Gasteiger partial charge is 0.193 e. The fourth-order valence-electron chi connectivity index (χ4n) is 2.34. The summed E-state index contributed by atoms with van der Waals surface area (Å²) in [5, 5.41) is 3.04. The molecule has 7 heteroatoms. The second-order valence-corrected chi connectivity index (χ2v) is 5.36. The molecule has 0 aliphatic rings. The topological polar surface area (TPSA) is 59.6 Å². The standard InChI is InChI=1S/C18H21F2N3O.HI/c1-24-12-14-6-2-3-7-17(14)23-18(21)22-8-4-5-13-9-15(19)11-16(20)10-13;/h2-3,6-7,9-11H,4-5,8,12H2,1H3,(H3,21,22,23);1H. The number of aryl methyl sites for hydroxylation is 1. The number of anilines is 1. The molecule has 2 aromatic rings. The Morgan fingerprint density at radius 1 is 1.16 bits per heavy atom. The number of hydrogen-bond acceptors (Lipinski definition) is 2. The minimum Gasteiger partial charge on any atom is -0.380 e. The van der Waals surface area contributed by atoms with Gasteiger partial charge in [-0.25, -0.2) is 8.78 Å². The number of rotatable bonds is 7. The van der Waals surface area contributed by atoms with Crippen molar-refractivity contribution >= 4 is 35.6 Å². The van der Waals surface area contributed by atoms with Gasteiger partial charge in [-0.15, -0.1) is 24.0 Å². The Bertz CT molecular complexity index is 690. The van der Waals surface area contributed by atoms with Gasteiger partial charge in [0, 0.05) is 31.0 Å². The highest BCUT2D eigenvalue weighted by molar-refractivity contribution is 14.0. The van der Waals surface area contributed by atoms with E-state index in [1.54, 1.807) is 7.11 Å². The van der Waals surface area contributed by atoms with E-state index in [1.807, 2.05) is 24.3 Å². The second-order valence-electron chi connectivity index (χ2n) is 5.36. The van der Waals surface area contributed by atoms with Gasteiger partial charge in [0.25, 0.3) is 0 Å². The van der Waals surface area contributed by atoms with Gasteiger partial charge in [-0.2, -0.15) is 0 Å². The van der Waals surface area contributed by atoms with Gasteiger partial charge in [0.2, 0.25) is 0 Å². The van der Waals surface area contributed by atoms with Crippen LogP contribution in [0.2, 0.25) is 0 Å². The molecule has 0 fully saturated rings. The number of ether oxygens (including phenoxy) is 1. The van der Waals surface area contributed by atoms with Crippen molar-refractivity contribution in [2.45, 2.75) is 19.4 Å². The minimum absolute atomic E-state index is 0. The predicted molar refractivity (Wildman–Crippen MR) is 107 cm³/mol. The van der Waals surface area contributed by atoms with Crippen molar-refractivity contribution in [2.75, 3.05) is 19.0 Å². The summed E-state index contributed by atoms with van der Waals surface area (Å²) in [5.74, 6) is -0.835. The van der Waals surface area contributed by atoms with Gasteiger partial charge in [0.05, 0.1) is 6.61 Å². The molecule has 2 rings (SSSR count). The molecule has 0 atom stereocenters. The summed E-state index contributed by atoms with van der Waals surface area (Å²) in [6.07, 6.45) is 1.18. The fraction of sp³-hybridized carbons (Fsp3) is 0.278. The third-order valence-electron chi connectivity index (χ3n) is 3.41. The molecule has 2 aromatic carbocycles. The highest BCUT2D eigenvalue weighted by Gasteiger charge is 2.03. The van der Waals surface area contributed by atoms with Gasteiger partial charge in [0.15, 0.2) is 5.96 Å². The van der Waals surface area contributed by atoms with Crippen molar-refractivity contribution in [1.29, 1.82) is 0 Å². The number of halogens is 3. The lowest BCUT2D eigenvalue weighted by Crippen LogP contribution is -2.23. The Hall–Kier alpha value is -1.74. The third kappa shape index (κ3) is 7.35. The molecule has 0 spiro atoms. The Labute approximate surface area is 163 Å². The molecule has 0 aromatic heterocycles. The van der Waals surface area contributed by atoms with E-state index in [0.717, 1.165) is 17.3 Å². The first kappa shape index (κ1) is 21.3. The van der Waals surface area contributed by atoms with E-state index in [4.69, 9.17) is 10.5 Å². The summed E-state index contributed by atoms with van der Waals surface area (Å²) in [7, 11) is 1.63. The molecule has 0 saturated heterocycles. The largest absolute Gasteiger partial charge is 0.380 e. The van der Waals surface area contributed by atoms with Crippen LogP contribution in [0, 0.1) is 11.6 Å². The summed E-state index contributed by atoms with van der Waals surface area (Å²) in [6.45, 7) is 0.936. The lowest BCUT2D eigenvalue weighted by Gasteiger charge is -2.10. The van der Waals surface area contributed by atoms with Crippen molar-refractivity contribution < 1.29 is 13.5 Å². The van der Waals surface area contributed by atoms with Crippen LogP contribution in [-0.2, 0) is 17.8 Å². The molecule has 3 N–H and O–H groups in total. The van der Waals surface area contributed by atoms with Gasteiger partial charge < -0.3 is 15.8 Å². The number of hydrogen-bond donors (Lipinski definition) is 2. The molecule has 136 valence electrons. The number of aliphatic imine (C=N–C) groups is 1. The van der Waals surface area contributed by atoms with Gasteiger partial charge >= 0.3 is 0 Å². The summed E-state index contributed by atoms with van der Waals surface area (Å²) in [5.41, 5.74) is 8.31. The quantitative estimate of drug-likeness (QED) is 0.283. The monoisotopic (exact) mass is 461 g/mol. The molecule has 0 saturated carbocycles. The molecule has 0 unspecified atom stereocenters. The van der Waals surface area contributed by atoms with Crippen molar-refractivity contribution in [1.82, 2.24) is 0 Å². The highest BCUT2D eigenvalue weighted by atomic mass is 127. The zero-order chi connectivity index (χ0) is 17.4. The third-order valence-corrected chi connectivity index (χ3v) is 3.41. The number of benzene rings is 2. The van der Waals surface area contributed by atoms with Crippen molar-refractivity contribution in [3.8, 4) is 0 Å². The molecular formula is C18H22F2IN3O. The van der Waals surface area contributed by atoms with Gasteiger partial charge in [-0.1, -0.05) is 18.2 Å². The lowest BCUT2D eigenvalue weighted by atomic mass is 10.1. The van der Waals surface area contributed by atoms with Crippen LogP contribution in [0.25, 0.3) is 0 Å². The number of guanidine groups is 1. The SMILES string of the molecule is COCc1ccccc1NC(N)=NCCCc1cc(F)cc(F)c1.I. The predicted octanol–water partition coefficient (Wildman–Crippen LogP) is 4.09. The highest BCUT2D eigenvalue weighted by Crippen LogP contribution is 2.15. The summed E-state index contributed by atoms with van der Waals surface area (Å²) in [4.78, 5) is 4.24. The van der Waals surface area contributed by atoms with Crippen LogP contribution in [0.1, 0.15) is 17.5 Å². The zero-order valence-corrected chi connectivity index (χ0v) is 16.3. The van der Waals surface area contributed by atoms with Gasteiger partial charge in [-0.3, -0.25) is 4.99 Å². The van der Waals surface area contributed by atoms with Crippen molar-refractivity contribution in [2.24, 2.45) is 10.7 Å². The maximum Gasteiger partial charge on any atom is 0.193 e. The zero-order valence-electron chi connectivity index (χ0n) is 14.0. The minimum atomic E-state index is -0.565. The van der Waals surface area contributed by atoms with E-state index in [-0.39, 0.29) is 24.0 Å². The normalized spacial score (nSPS) is 11.1. The first-order valence-corrected chi connectivity index (χ1v) is 7.67. The maximum absolute atomic E-state index is 13.1. The molecule has 4 nitrogen and oxygen atoms in total. The van der Waals surface area contributed by atoms with Crippen molar-refractivity contribution in [3.05, 3.63) is 65.2 Å². The Kier molecular flexibility index (Phi) is 9.36. The van der Waals surface area contributed by atoms with Crippen molar-refractivity contribution in [3.63, 3.8) is 0 Å². The number of nitrogens with two attached hydrogens (primary N) is 1. The number of para-hydroxylation sites is 1. The van der Waals surface area contributed by atoms with Gasteiger partial charge in [-0.05, 0) is 36.6 Å². The average molecular weight is 461 g/mol. The molecule has 0 bridgehead atoms. The molecule has 0 amide bonds. The molecule has 0 heterocycles.